The van der Waals surface area contributed by atoms with Crippen LogP contribution >= 0.6 is 0 Å². The minimum absolute atomic E-state index is 0.0514. The van der Waals surface area contributed by atoms with Crippen LogP contribution in [0.2, 0.25) is 0 Å². The van der Waals surface area contributed by atoms with Crippen LogP contribution in [0, 0.1) is 17.0 Å². The summed E-state index contributed by atoms with van der Waals surface area (Å²) in [5.41, 5.74) is 1.93. The third kappa shape index (κ3) is 4.94. The average molecular weight is 384 g/mol. The first-order chi connectivity index (χ1) is 13.0. The molecule has 0 saturated heterocycles. The lowest BCUT2D eigenvalue weighted by atomic mass is 9.86. The van der Waals surface area contributed by atoms with Gasteiger partial charge >= 0.3 is 5.97 Å². The van der Waals surface area contributed by atoms with Crippen molar-refractivity contribution in [1.82, 2.24) is 5.32 Å². The van der Waals surface area contributed by atoms with E-state index in [1.165, 1.54) is 25.1 Å². The molecular formula is C21H24N2O5. The predicted octanol–water partition coefficient (Wildman–Crippen LogP) is 4.15. The average Bonchev–Trinajstić information content (AvgIpc) is 2.60. The highest BCUT2D eigenvalue weighted by Crippen LogP contribution is 2.26. The van der Waals surface area contributed by atoms with Gasteiger partial charge in [0.25, 0.3) is 11.6 Å². The molecule has 2 aromatic rings. The van der Waals surface area contributed by atoms with E-state index < -0.39 is 22.8 Å². The normalized spacial score (nSPS) is 12.3. The number of rotatable bonds is 6. The smallest absolute Gasteiger partial charge is 0.305 e. The molecule has 0 bridgehead atoms. The molecule has 2 rings (SSSR count). The highest BCUT2D eigenvalue weighted by atomic mass is 16.6. The fourth-order valence-corrected chi connectivity index (χ4v) is 2.95. The van der Waals surface area contributed by atoms with Gasteiger partial charge in [0.15, 0.2) is 0 Å². The number of carbonyl (C=O) groups is 2. The molecule has 28 heavy (non-hydrogen) atoms. The van der Waals surface area contributed by atoms with E-state index in [2.05, 4.69) is 26.1 Å². The highest BCUT2D eigenvalue weighted by molar-refractivity contribution is 5.97. The van der Waals surface area contributed by atoms with Crippen LogP contribution in [0.1, 0.15) is 60.3 Å². The molecule has 0 aromatic heterocycles. The Bertz CT molecular complexity index is 898. The van der Waals surface area contributed by atoms with E-state index in [0.717, 1.165) is 5.56 Å². The Morgan fingerprint density at radius 3 is 2.25 bits per heavy atom. The fraction of sp³-hybridized carbons (Fsp3) is 0.333. The van der Waals surface area contributed by atoms with Gasteiger partial charge in [-0.25, -0.2) is 0 Å². The second kappa shape index (κ2) is 8.21. The molecule has 2 N–H and O–H groups in total. The van der Waals surface area contributed by atoms with Crippen molar-refractivity contribution >= 4 is 17.6 Å². The Balaban J connectivity index is 2.32. The van der Waals surface area contributed by atoms with Crippen LogP contribution in [0.4, 0.5) is 5.69 Å². The summed E-state index contributed by atoms with van der Waals surface area (Å²) in [6.07, 6.45) is -0.297. The molecule has 0 radical (unpaired) electrons. The van der Waals surface area contributed by atoms with Crippen molar-refractivity contribution in [1.29, 1.82) is 0 Å². The highest BCUT2D eigenvalue weighted by Gasteiger charge is 2.23. The van der Waals surface area contributed by atoms with E-state index in [1.807, 2.05) is 12.1 Å². The topological polar surface area (TPSA) is 110 Å². The number of nitrogens with zero attached hydrogens (tertiary/aromatic N) is 1. The second-order valence-electron chi connectivity index (χ2n) is 7.70. The Hall–Kier alpha value is -3.22. The third-order valence-corrected chi connectivity index (χ3v) is 4.61. The zero-order valence-corrected chi connectivity index (χ0v) is 16.4. The fourth-order valence-electron chi connectivity index (χ4n) is 2.95. The quantitative estimate of drug-likeness (QED) is 0.574. The van der Waals surface area contributed by atoms with Gasteiger partial charge in [-0.3, -0.25) is 19.7 Å². The summed E-state index contributed by atoms with van der Waals surface area (Å²) in [5.74, 6) is -1.60. The van der Waals surface area contributed by atoms with Crippen LogP contribution in [0.5, 0.6) is 0 Å². The number of aliphatic carboxylic acids is 1. The number of hydrogen-bond donors (Lipinski definition) is 2. The van der Waals surface area contributed by atoms with Crippen molar-refractivity contribution in [2.75, 3.05) is 0 Å². The van der Waals surface area contributed by atoms with Crippen molar-refractivity contribution in [2.24, 2.45) is 0 Å². The van der Waals surface area contributed by atoms with Gasteiger partial charge in [0.2, 0.25) is 0 Å². The van der Waals surface area contributed by atoms with Crippen LogP contribution in [0.15, 0.2) is 42.5 Å². The standard InChI is InChI=1S/C21H24N2O5/c1-13-16(6-5-7-18(13)23(27)28)20(26)22-17(12-19(24)25)14-8-10-15(11-9-14)21(2,3)4/h5-11,17H,12H2,1-4H3,(H,22,26)(H,24,25)/t17-/m0/s1. The van der Waals surface area contributed by atoms with Crippen molar-refractivity contribution in [3.8, 4) is 0 Å². The van der Waals surface area contributed by atoms with Gasteiger partial charge in [-0.05, 0) is 29.5 Å². The molecule has 0 spiro atoms. The van der Waals surface area contributed by atoms with Crippen molar-refractivity contribution in [3.05, 3.63) is 74.8 Å². The van der Waals surface area contributed by atoms with Crippen molar-refractivity contribution in [2.45, 2.75) is 45.6 Å². The monoisotopic (exact) mass is 384 g/mol. The number of nitro benzene ring substituents is 1. The maximum atomic E-state index is 12.7. The minimum atomic E-state index is -1.05. The lowest BCUT2D eigenvalue weighted by molar-refractivity contribution is -0.385. The number of nitro groups is 1. The summed E-state index contributed by atoms with van der Waals surface area (Å²) < 4.78 is 0. The van der Waals surface area contributed by atoms with Crippen molar-refractivity contribution in [3.63, 3.8) is 0 Å². The van der Waals surface area contributed by atoms with Crippen LogP contribution in [-0.2, 0) is 10.2 Å². The third-order valence-electron chi connectivity index (χ3n) is 4.61. The molecule has 7 nitrogen and oxygen atoms in total. The van der Waals surface area contributed by atoms with Gasteiger partial charge in [-0.15, -0.1) is 0 Å². The first kappa shape index (κ1) is 21.1. The molecule has 148 valence electrons. The Labute approximate surface area is 163 Å². The predicted molar refractivity (Wildman–Crippen MR) is 105 cm³/mol. The van der Waals surface area contributed by atoms with Crippen LogP contribution < -0.4 is 5.32 Å². The Kier molecular flexibility index (Phi) is 6.18. The number of carboxylic acid groups (broad SMARTS) is 1. The number of carbonyl (C=O) groups excluding carboxylic acids is 1. The first-order valence-electron chi connectivity index (χ1n) is 8.88. The van der Waals surface area contributed by atoms with Gasteiger partial charge in [-0.2, -0.15) is 0 Å². The zero-order chi connectivity index (χ0) is 21.1. The lowest BCUT2D eigenvalue weighted by Gasteiger charge is -2.22. The molecular weight excluding hydrogens is 360 g/mol. The van der Waals surface area contributed by atoms with Gasteiger partial charge in [0.05, 0.1) is 17.4 Å². The maximum Gasteiger partial charge on any atom is 0.305 e. The van der Waals surface area contributed by atoms with Gasteiger partial charge in [-0.1, -0.05) is 51.1 Å². The van der Waals surface area contributed by atoms with E-state index in [1.54, 1.807) is 12.1 Å². The zero-order valence-electron chi connectivity index (χ0n) is 16.4. The molecule has 0 aliphatic carbocycles. The molecule has 1 amide bonds. The number of hydrogen-bond acceptors (Lipinski definition) is 4. The molecule has 0 unspecified atom stereocenters. The van der Waals surface area contributed by atoms with Gasteiger partial charge < -0.3 is 10.4 Å². The van der Waals surface area contributed by atoms with Crippen LogP contribution in [-0.4, -0.2) is 21.9 Å². The summed E-state index contributed by atoms with van der Waals surface area (Å²) in [5, 5.41) is 23.0. The first-order valence-corrected chi connectivity index (χ1v) is 8.88. The number of carboxylic acids is 1. The van der Waals surface area contributed by atoms with Crippen LogP contribution in [0.3, 0.4) is 0 Å². The SMILES string of the molecule is Cc1c(C(=O)N[C@@H](CC(=O)O)c2ccc(C(C)(C)C)cc2)cccc1[N+](=O)[O-]. The molecule has 0 saturated carbocycles. The van der Waals surface area contributed by atoms with Crippen molar-refractivity contribution < 1.29 is 19.6 Å². The summed E-state index contributed by atoms with van der Waals surface area (Å²) in [7, 11) is 0. The molecule has 1 atom stereocenters. The van der Waals surface area contributed by atoms with Crippen LogP contribution in [0.25, 0.3) is 0 Å². The Morgan fingerprint density at radius 1 is 1.14 bits per heavy atom. The second-order valence-corrected chi connectivity index (χ2v) is 7.70. The maximum absolute atomic E-state index is 12.7. The van der Waals surface area contributed by atoms with E-state index >= 15 is 0 Å². The summed E-state index contributed by atoms with van der Waals surface area (Å²) in [6.45, 7) is 7.72. The molecule has 2 aromatic carbocycles. The molecule has 0 fully saturated rings. The molecule has 0 aliphatic rings. The molecule has 0 aliphatic heterocycles. The lowest BCUT2D eigenvalue weighted by Crippen LogP contribution is -2.31. The summed E-state index contributed by atoms with van der Waals surface area (Å²) in [6, 6.07) is 10.9. The number of nitrogens with one attached hydrogen (secondary N) is 1. The van der Waals surface area contributed by atoms with Gasteiger partial charge in [0, 0.05) is 17.2 Å². The van der Waals surface area contributed by atoms with E-state index in [9.17, 15) is 24.8 Å². The minimum Gasteiger partial charge on any atom is -0.481 e. The van der Waals surface area contributed by atoms with E-state index in [0.29, 0.717) is 5.56 Å². The largest absolute Gasteiger partial charge is 0.481 e. The van der Waals surface area contributed by atoms with E-state index in [-0.39, 0.29) is 28.7 Å². The van der Waals surface area contributed by atoms with Gasteiger partial charge in [0.1, 0.15) is 0 Å². The molecule has 0 heterocycles. The number of amides is 1. The summed E-state index contributed by atoms with van der Waals surface area (Å²) in [4.78, 5) is 34.5. The number of benzene rings is 2. The van der Waals surface area contributed by atoms with E-state index in [4.69, 9.17) is 0 Å². The molecule has 7 heteroatoms. The Morgan fingerprint density at radius 2 is 1.75 bits per heavy atom. The summed E-state index contributed by atoms with van der Waals surface area (Å²) >= 11 is 0.